The van der Waals surface area contributed by atoms with Gasteiger partial charge in [-0.05, 0) is 30.7 Å². The van der Waals surface area contributed by atoms with Crippen molar-refractivity contribution in [3.63, 3.8) is 0 Å². The van der Waals surface area contributed by atoms with Crippen molar-refractivity contribution in [3.8, 4) is 0 Å². The van der Waals surface area contributed by atoms with Gasteiger partial charge in [0.15, 0.2) is 0 Å². The van der Waals surface area contributed by atoms with Gasteiger partial charge < -0.3 is 10.2 Å². The molecule has 2 rings (SSSR count). The highest BCUT2D eigenvalue weighted by atomic mass is 16.2. The summed E-state index contributed by atoms with van der Waals surface area (Å²) in [5, 5.41) is 2.73. The molecular weight excluding hydrogens is 264 g/mol. The molecule has 0 saturated carbocycles. The van der Waals surface area contributed by atoms with Crippen LogP contribution in [0.25, 0.3) is 0 Å². The first-order chi connectivity index (χ1) is 10.1. The Morgan fingerprint density at radius 1 is 1.19 bits per heavy atom. The van der Waals surface area contributed by atoms with E-state index in [2.05, 4.69) is 12.2 Å². The largest absolute Gasteiger partial charge is 0.347 e. The van der Waals surface area contributed by atoms with Crippen LogP contribution in [0.1, 0.15) is 31.7 Å². The van der Waals surface area contributed by atoms with Crippen LogP contribution in [-0.2, 0) is 16.0 Å². The molecule has 1 fully saturated rings. The molecule has 1 saturated heterocycles. The Balaban J connectivity index is 1.74. The van der Waals surface area contributed by atoms with Crippen molar-refractivity contribution in [3.05, 3.63) is 35.9 Å². The maximum Gasteiger partial charge on any atom is 0.241 e. The fourth-order valence-corrected chi connectivity index (χ4v) is 2.64. The van der Waals surface area contributed by atoms with Gasteiger partial charge in [0.25, 0.3) is 0 Å². The minimum absolute atomic E-state index is 0.0329. The molecule has 4 heteroatoms. The molecule has 0 aromatic heterocycles. The van der Waals surface area contributed by atoms with Crippen molar-refractivity contribution in [2.24, 2.45) is 5.92 Å². The summed E-state index contributed by atoms with van der Waals surface area (Å²) in [6, 6.07) is 9.57. The monoisotopic (exact) mass is 288 g/mol. The fraction of sp³-hybridized carbons (Fsp3) is 0.529. The predicted octanol–water partition coefficient (Wildman–Crippen LogP) is 1.99. The first-order valence-corrected chi connectivity index (χ1v) is 7.73. The number of amides is 2. The Bertz CT molecular complexity index is 473. The lowest BCUT2D eigenvalue weighted by molar-refractivity contribution is -0.132. The summed E-state index contributed by atoms with van der Waals surface area (Å²) in [6.07, 6.45) is 3.63. The number of hydrogen-bond acceptors (Lipinski definition) is 2. The van der Waals surface area contributed by atoms with Crippen molar-refractivity contribution in [2.45, 2.75) is 32.6 Å². The predicted molar refractivity (Wildman–Crippen MR) is 82.8 cm³/mol. The van der Waals surface area contributed by atoms with Crippen LogP contribution in [0.2, 0.25) is 0 Å². The average molecular weight is 288 g/mol. The number of carbonyl (C=O) groups is 2. The van der Waals surface area contributed by atoms with Crippen LogP contribution in [0, 0.1) is 5.92 Å². The van der Waals surface area contributed by atoms with Crippen LogP contribution < -0.4 is 5.32 Å². The molecule has 21 heavy (non-hydrogen) atoms. The van der Waals surface area contributed by atoms with E-state index in [1.807, 2.05) is 35.2 Å². The highest BCUT2D eigenvalue weighted by Gasteiger charge is 2.18. The third-order valence-electron chi connectivity index (χ3n) is 4.01. The summed E-state index contributed by atoms with van der Waals surface area (Å²) in [6.45, 7) is 3.97. The van der Waals surface area contributed by atoms with E-state index in [0.29, 0.717) is 12.3 Å². The zero-order chi connectivity index (χ0) is 15.1. The third-order valence-corrected chi connectivity index (χ3v) is 4.01. The van der Waals surface area contributed by atoms with Crippen LogP contribution in [0.15, 0.2) is 30.3 Å². The van der Waals surface area contributed by atoms with E-state index in [0.717, 1.165) is 31.5 Å². The van der Waals surface area contributed by atoms with Gasteiger partial charge in [-0.1, -0.05) is 37.3 Å². The normalized spacial score (nSPS) is 18.9. The Labute approximate surface area is 126 Å². The summed E-state index contributed by atoms with van der Waals surface area (Å²) in [5.41, 5.74) is 0.964. The summed E-state index contributed by atoms with van der Waals surface area (Å²) in [5.74, 6) is 0.624. The second-order valence-electron chi connectivity index (χ2n) is 5.86. The molecule has 1 heterocycles. The molecule has 0 aliphatic carbocycles. The molecule has 2 amide bonds. The molecule has 1 aliphatic rings. The minimum Gasteiger partial charge on any atom is -0.347 e. The number of hydrogen-bond donors (Lipinski definition) is 1. The zero-order valence-corrected chi connectivity index (χ0v) is 12.7. The second kappa shape index (κ2) is 7.81. The van der Waals surface area contributed by atoms with Gasteiger partial charge in [-0.2, -0.15) is 0 Å². The highest BCUT2D eigenvalue weighted by molar-refractivity contribution is 5.85. The van der Waals surface area contributed by atoms with Gasteiger partial charge in [0.05, 0.1) is 13.0 Å². The van der Waals surface area contributed by atoms with Crippen molar-refractivity contribution in [1.82, 2.24) is 10.2 Å². The number of likely N-dealkylation sites (tertiary alicyclic amines) is 1. The van der Waals surface area contributed by atoms with Gasteiger partial charge in [0.1, 0.15) is 0 Å². The molecule has 1 aliphatic heterocycles. The van der Waals surface area contributed by atoms with Gasteiger partial charge in [-0.25, -0.2) is 0 Å². The molecule has 0 radical (unpaired) electrons. The fourth-order valence-electron chi connectivity index (χ4n) is 2.64. The van der Waals surface area contributed by atoms with Gasteiger partial charge in [-0.15, -0.1) is 0 Å². The first-order valence-electron chi connectivity index (χ1n) is 7.73. The van der Waals surface area contributed by atoms with Crippen molar-refractivity contribution in [1.29, 1.82) is 0 Å². The first kappa shape index (κ1) is 15.5. The van der Waals surface area contributed by atoms with E-state index in [9.17, 15) is 9.59 Å². The number of nitrogens with one attached hydrogen (secondary N) is 1. The lowest BCUT2D eigenvalue weighted by atomic mass is 10.0. The lowest BCUT2D eigenvalue weighted by Crippen LogP contribution is -2.41. The molecule has 0 spiro atoms. The van der Waals surface area contributed by atoms with E-state index in [4.69, 9.17) is 0 Å². The highest BCUT2D eigenvalue weighted by Crippen LogP contribution is 2.16. The SMILES string of the molecule is CC1CCCN(C(=O)CNC(=O)Cc2ccccc2)CC1. The van der Waals surface area contributed by atoms with Crippen LogP contribution >= 0.6 is 0 Å². The molecule has 1 aromatic carbocycles. The van der Waals surface area contributed by atoms with Crippen LogP contribution in [0.3, 0.4) is 0 Å². The molecule has 0 bridgehead atoms. The van der Waals surface area contributed by atoms with Gasteiger partial charge in [-0.3, -0.25) is 9.59 Å². The average Bonchev–Trinajstić information content (AvgIpc) is 2.70. The number of nitrogens with zero attached hydrogens (tertiary/aromatic N) is 1. The number of benzene rings is 1. The van der Waals surface area contributed by atoms with Crippen LogP contribution in [-0.4, -0.2) is 36.3 Å². The van der Waals surface area contributed by atoms with Crippen molar-refractivity contribution >= 4 is 11.8 Å². The Hall–Kier alpha value is -1.84. The van der Waals surface area contributed by atoms with Gasteiger partial charge in [0.2, 0.25) is 11.8 Å². The summed E-state index contributed by atoms with van der Waals surface area (Å²) < 4.78 is 0. The van der Waals surface area contributed by atoms with Crippen LogP contribution in [0.4, 0.5) is 0 Å². The molecule has 1 N–H and O–H groups in total. The van der Waals surface area contributed by atoms with Crippen molar-refractivity contribution in [2.75, 3.05) is 19.6 Å². The molecule has 4 nitrogen and oxygen atoms in total. The maximum atomic E-state index is 12.1. The lowest BCUT2D eigenvalue weighted by Gasteiger charge is -2.20. The van der Waals surface area contributed by atoms with E-state index >= 15 is 0 Å². The van der Waals surface area contributed by atoms with E-state index < -0.39 is 0 Å². The molecule has 1 aromatic rings. The van der Waals surface area contributed by atoms with Crippen LogP contribution in [0.5, 0.6) is 0 Å². The van der Waals surface area contributed by atoms with Gasteiger partial charge in [0, 0.05) is 13.1 Å². The Morgan fingerprint density at radius 3 is 2.71 bits per heavy atom. The Kier molecular flexibility index (Phi) is 5.78. The summed E-state index contributed by atoms with van der Waals surface area (Å²) in [4.78, 5) is 25.8. The number of rotatable bonds is 4. The van der Waals surface area contributed by atoms with Gasteiger partial charge >= 0.3 is 0 Å². The minimum atomic E-state index is -0.0993. The quantitative estimate of drug-likeness (QED) is 0.921. The summed E-state index contributed by atoms with van der Waals surface area (Å²) in [7, 11) is 0. The molecule has 1 atom stereocenters. The Morgan fingerprint density at radius 2 is 1.95 bits per heavy atom. The second-order valence-corrected chi connectivity index (χ2v) is 5.86. The molecule has 1 unspecified atom stereocenters. The molecule has 114 valence electrons. The smallest absolute Gasteiger partial charge is 0.241 e. The number of carbonyl (C=O) groups excluding carboxylic acids is 2. The zero-order valence-electron chi connectivity index (χ0n) is 12.7. The molecular formula is C17H24N2O2. The standard InChI is InChI=1S/C17H24N2O2/c1-14-6-5-10-19(11-9-14)17(21)13-18-16(20)12-15-7-3-2-4-8-15/h2-4,7-8,14H,5-6,9-13H2,1H3,(H,18,20). The van der Waals surface area contributed by atoms with Crippen molar-refractivity contribution < 1.29 is 9.59 Å². The van der Waals surface area contributed by atoms with E-state index in [1.54, 1.807) is 0 Å². The third kappa shape index (κ3) is 5.21. The topological polar surface area (TPSA) is 49.4 Å². The van der Waals surface area contributed by atoms with E-state index in [1.165, 1.54) is 6.42 Å². The maximum absolute atomic E-state index is 12.1. The van der Waals surface area contributed by atoms with E-state index in [-0.39, 0.29) is 18.4 Å². The summed E-state index contributed by atoms with van der Waals surface area (Å²) >= 11 is 0.